The molecule has 0 spiro atoms. The maximum Gasteiger partial charge on any atom is 0.213 e. The van der Waals surface area contributed by atoms with Gasteiger partial charge in [-0.3, -0.25) is 0 Å². The van der Waals surface area contributed by atoms with Crippen molar-refractivity contribution in [2.45, 2.75) is 12.5 Å². The molecule has 5 nitrogen and oxygen atoms in total. The zero-order valence-corrected chi connectivity index (χ0v) is 13.3. The minimum Gasteiger partial charge on any atom is -0.342 e. The van der Waals surface area contributed by atoms with Gasteiger partial charge in [-0.25, -0.2) is 14.7 Å². The van der Waals surface area contributed by atoms with E-state index in [1.807, 2.05) is 6.07 Å². The summed E-state index contributed by atoms with van der Waals surface area (Å²) in [6.45, 7) is 9.57. The normalized spacial score (nSPS) is 36.5. The SMILES string of the molecule is Cc1ccccc1NC(=S)NC12C[NH+]3C[NH+](C[NH+](C3)C1)C2. The van der Waals surface area contributed by atoms with Crippen LogP contribution in [0.15, 0.2) is 24.3 Å². The van der Waals surface area contributed by atoms with Crippen LogP contribution in [0.5, 0.6) is 0 Å². The summed E-state index contributed by atoms with van der Waals surface area (Å²) >= 11 is 5.58. The van der Waals surface area contributed by atoms with Crippen molar-refractivity contribution < 1.29 is 14.7 Å². The lowest BCUT2D eigenvalue weighted by Crippen LogP contribution is -3.56. The quantitative estimate of drug-likeness (QED) is 0.370. The Bertz CT molecular complexity index is 538. The van der Waals surface area contributed by atoms with Crippen molar-refractivity contribution in [1.29, 1.82) is 0 Å². The van der Waals surface area contributed by atoms with Crippen molar-refractivity contribution >= 4 is 23.0 Å². The minimum absolute atomic E-state index is 0.182. The van der Waals surface area contributed by atoms with Crippen LogP contribution >= 0.6 is 12.2 Å². The Morgan fingerprint density at radius 1 is 1.05 bits per heavy atom. The van der Waals surface area contributed by atoms with Crippen molar-refractivity contribution in [3.63, 3.8) is 0 Å². The zero-order valence-electron chi connectivity index (χ0n) is 12.5. The summed E-state index contributed by atoms with van der Waals surface area (Å²) in [5.74, 6) is 0. The van der Waals surface area contributed by atoms with Crippen LogP contribution in [-0.4, -0.2) is 50.3 Å². The van der Waals surface area contributed by atoms with Gasteiger partial charge in [0.2, 0.25) is 20.0 Å². The van der Waals surface area contributed by atoms with Gasteiger partial charge in [-0.15, -0.1) is 0 Å². The summed E-state index contributed by atoms with van der Waals surface area (Å²) in [5.41, 5.74) is 2.51. The van der Waals surface area contributed by atoms with E-state index in [0.29, 0.717) is 0 Å². The van der Waals surface area contributed by atoms with Crippen LogP contribution in [0.3, 0.4) is 0 Å². The molecule has 1 aromatic rings. The molecular weight excluding hydrogens is 282 g/mol. The van der Waals surface area contributed by atoms with Crippen LogP contribution in [0.2, 0.25) is 0 Å². The lowest BCUT2D eigenvalue weighted by molar-refractivity contribution is -1.29. The molecule has 4 aliphatic rings. The second kappa shape index (κ2) is 4.91. The molecule has 4 bridgehead atoms. The van der Waals surface area contributed by atoms with Crippen LogP contribution in [-0.2, 0) is 0 Å². The van der Waals surface area contributed by atoms with Crippen molar-refractivity contribution in [3.05, 3.63) is 29.8 Å². The van der Waals surface area contributed by atoms with Crippen LogP contribution in [0, 0.1) is 6.92 Å². The summed E-state index contributed by atoms with van der Waals surface area (Å²) in [4.78, 5) is 5.15. The Balaban J connectivity index is 1.46. The molecule has 112 valence electrons. The van der Waals surface area contributed by atoms with Gasteiger partial charge in [0, 0.05) is 5.69 Å². The molecule has 0 aliphatic carbocycles. The summed E-state index contributed by atoms with van der Waals surface area (Å²) in [6.07, 6.45) is 0. The first-order valence-corrected chi connectivity index (χ1v) is 8.18. The Hall–Kier alpha value is -1.21. The van der Waals surface area contributed by atoms with Gasteiger partial charge in [0.05, 0.1) is 0 Å². The fourth-order valence-electron chi connectivity index (χ4n) is 4.49. The number of thiocarbonyl (C=S) groups is 1. The molecule has 4 fully saturated rings. The highest BCUT2D eigenvalue weighted by molar-refractivity contribution is 7.80. The third-order valence-corrected chi connectivity index (χ3v) is 5.24. The number of quaternary nitrogens is 3. The van der Waals surface area contributed by atoms with Gasteiger partial charge in [-0.05, 0) is 30.8 Å². The summed E-state index contributed by atoms with van der Waals surface area (Å²) in [7, 11) is 0. The lowest BCUT2D eigenvalue weighted by Gasteiger charge is -2.52. The largest absolute Gasteiger partial charge is 0.342 e. The van der Waals surface area contributed by atoms with Crippen LogP contribution in [0.1, 0.15) is 5.56 Å². The molecule has 5 rings (SSSR count). The lowest BCUT2D eigenvalue weighted by atomic mass is 9.91. The average molecular weight is 306 g/mol. The van der Waals surface area contributed by atoms with E-state index in [9.17, 15) is 0 Å². The number of aryl methyl sites for hydroxylation is 1. The second-order valence-corrected chi connectivity index (χ2v) is 7.39. The molecule has 4 saturated heterocycles. The highest BCUT2D eigenvalue weighted by atomic mass is 32.1. The molecular formula is C15H24N5S+3. The predicted molar refractivity (Wildman–Crippen MR) is 85.4 cm³/mol. The smallest absolute Gasteiger partial charge is 0.213 e. The van der Waals surface area contributed by atoms with E-state index in [4.69, 9.17) is 12.2 Å². The highest BCUT2D eigenvalue weighted by Gasteiger charge is 2.57. The maximum absolute atomic E-state index is 5.58. The molecule has 6 heteroatoms. The van der Waals surface area contributed by atoms with Gasteiger partial charge in [0.25, 0.3) is 0 Å². The van der Waals surface area contributed by atoms with E-state index in [1.54, 1.807) is 14.7 Å². The Kier molecular flexibility index (Phi) is 3.15. The predicted octanol–water partition coefficient (Wildman–Crippen LogP) is -3.41. The molecule has 1 aromatic carbocycles. The number of rotatable bonds is 2. The van der Waals surface area contributed by atoms with Gasteiger partial charge < -0.3 is 10.6 Å². The molecule has 4 aliphatic heterocycles. The van der Waals surface area contributed by atoms with Gasteiger partial charge in [0.1, 0.15) is 19.6 Å². The standard InChI is InChI=1S/C15H21N5S/c1-12-4-2-3-5-13(12)16-14(21)17-15-6-18-9-19(7-15)11-20(8-15)10-18/h2-5H,6-11H2,1H3,(H2,16,17,21)/p+3. The van der Waals surface area contributed by atoms with Crippen molar-refractivity contribution in [1.82, 2.24) is 5.32 Å². The average Bonchev–Trinajstić information content (AvgIpc) is 2.39. The Morgan fingerprint density at radius 2 is 1.62 bits per heavy atom. The Morgan fingerprint density at radius 3 is 2.19 bits per heavy atom. The molecule has 5 N–H and O–H groups in total. The first kappa shape index (κ1) is 13.5. The molecule has 21 heavy (non-hydrogen) atoms. The number of anilines is 1. The third kappa shape index (κ3) is 2.53. The van der Waals surface area contributed by atoms with E-state index in [-0.39, 0.29) is 5.54 Å². The van der Waals surface area contributed by atoms with Crippen molar-refractivity contribution in [2.24, 2.45) is 0 Å². The number of nitrogens with one attached hydrogen (secondary N) is 5. The molecule has 0 aromatic heterocycles. The maximum atomic E-state index is 5.58. The van der Waals surface area contributed by atoms with E-state index >= 15 is 0 Å². The number of benzene rings is 1. The van der Waals surface area contributed by atoms with E-state index in [1.165, 1.54) is 45.2 Å². The van der Waals surface area contributed by atoms with E-state index < -0.39 is 0 Å². The minimum atomic E-state index is 0.182. The number of para-hydroxylation sites is 1. The first-order valence-electron chi connectivity index (χ1n) is 7.77. The third-order valence-electron chi connectivity index (χ3n) is 5.04. The first-order chi connectivity index (χ1) is 10.1. The summed E-state index contributed by atoms with van der Waals surface area (Å²) in [5, 5.41) is 7.81. The monoisotopic (exact) mass is 306 g/mol. The topological polar surface area (TPSA) is 37.4 Å². The van der Waals surface area contributed by atoms with Crippen molar-refractivity contribution in [2.75, 3.05) is 45.0 Å². The highest BCUT2D eigenvalue weighted by Crippen LogP contribution is 2.13. The van der Waals surface area contributed by atoms with Gasteiger partial charge in [-0.1, -0.05) is 18.2 Å². The fraction of sp³-hybridized carbons (Fsp3) is 0.533. The number of hydrogen-bond donors (Lipinski definition) is 5. The van der Waals surface area contributed by atoms with Gasteiger partial charge >= 0.3 is 0 Å². The molecule has 0 atom stereocenters. The molecule has 0 saturated carbocycles. The molecule has 0 radical (unpaired) electrons. The fourth-order valence-corrected chi connectivity index (χ4v) is 4.81. The zero-order chi connectivity index (χ0) is 14.4. The molecule has 4 heterocycles. The van der Waals surface area contributed by atoms with E-state index in [0.717, 1.165) is 10.8 Å². The number of hydrogen-bond acceptors (Lipinski definition) is 1. The van der Waals surface area contributed by atoms with Gasteiger partial charge in [0.15, 0.2) is 10.7 Å². The van der Waals surface area contributed by atoms with Crippen molar-refractivity contribution in [3.8, 4) is 0 Å². The van der Waals surface area contributed by atoms with E-state index in [2.05, 4.69) is 35.8 Å². The van der Waals surface area contributed by atoms with Crippen LogP contribution in [0.4, 0.5) is 5.69 Å². The van der Waals surface area contributed by atoms with Crippen LogP contribution < -0.4 is 25.3 Å². The molecule has 0 unspecified atom stereocenters. The summed E-state index contributed by atoms with van der Waals surface area (Å²) in [6, 6.07) is 8.29. The summed E-state index contributed by atoms with van der Waals surface area (Å²) < 4.78 is 0. The van der Waals surface area contributed by atoms with Gasteiger partial charge in [-0.2, -0.15) is 0 Å². The van der Waals surface area contributed by atoms with Crippen LogP contribution in [0.25, 0.3) is 0 Å². The second-order valence-electron chi connectivity index (χ2n) is 6.99. The molecule has 0 amide bonds. The Labute approximate surface area is 130 Å².